The van der Waals surface area contributed by atoms with Crippen molar-refractivity contribution in [2.75, 3.05) is 6.54 Å². The summed E-state index contributed by atoms with van der Waals surface area (Å²) in [6.07, 6.45) is 0.646. The molecule has 1 aliphatic carbocycles. The first kappa shape index (κ1) is 14.8. The Hall–Kier alpha value is -1.63. The van der Waals surface area contributed by atoms with Gasteiger partial charge in [0.25, 0.3) is 0 Å². The van der Waals surface area contributed by atoms with Crippen LogP contribution in [0.15, 0.2) is 22.7 Å². The van der Waals surface area contributed by atoms with E-state index in [1.165, 1.54) is 6.07 Å². The third kappa shape index (κ3) is 3.93. The molecule has 1 fully saturated rings. The Morgan fingerprint density at radius 2 is 2.20 bits per heavy atom. The van der Waals surface area contributed by atoms with Gasteiger partial charge >= 0.3 is 12.0 Å². The number of carboxylic acids is 1. The van der Waals surface area contributed by atoms with Crippen molar-refractivity contribution in [3.63, 3.8) is 0 Å². The Morgan fingerprint density at radius 3 is 2.85 bits per heavy atom. The topological polar surface area (TPSA) is 78.4 Å². The molecule has 108 valence electrons. The molecule has 0 unspecified atom stereocenters. The van der Waals surface area contributed by atoms with Gasteiger partial charge in [-0.3, -0.25) is 4.79 Å². The van der Waals surface area contributed by atoms with E-state index in [1.54, 1.807) is 6.07 Å². The standard InChI is InChI=1S/C13H14BrFN2O3/c14-9-2-1-7(5-10(9)15)8-6-11(8)17-13(20)16-4-3-12(18)19/h1-2,5,8,11H,3-4,6H2,(H,18,19)(H2,16,17,20)/t8-,11+/m0/s1. The largest absolute Gasteiger partial charge is 0.481 e. The lowest BCUT2D eigenvalue weighted by Gasteiger charge is -2.06. The summed E-state index contributed by atoms with van der Waals surface area (Å²) in [5, 5.41) is 13.6. The van der Waals surface area contributed by atoms with Crippen molar-refractivity contribution >= 4 is 27.9 Å². The van der Waals surface area contributed by atoms with Crippen molar-refractivity contribution in [1.82, 2.24) is 10.6 Å². The van der Waals surface area contributed by atoms with Crippen LogP contribution < -0.4 is 10.6 Å². The minimum atomic E-state index is -0.958. The summed E-state index contributed by atoms with van der Waals surface area (Å²) in [7, 11) is 0. The van der Waals surface area contributed by atoms with Gasteiger partial charge in [0.15, 0.2) is 0 Å². The van der Waals surface area contributed by atoms with E-state index in [4.69, 9.17) is 5.11 Å². The molecule has 2 atom stereocenters. The van der Waals surface area contributed by atoms with Crippen molar-refractivity contribution < 1.29 is 19.1 Å². The number of aliphatic carboxylic acids is 1. The third-order valence-electron chi connectivity index (χ3n) is 3.10. The van der Waals surface area contributed by atoms with Gasteiger partial charge in [-0.2, -0.15) is 0 Å². The van der Waals surface area contributed by atoms with Crippen molar-refractivity contribution in [1.29, 1.82) is 0 Å². The first-order valence-corrected chi connectivity index (χ1v) is 6.98. The molecule has 0 aliphatic heterocycles. The Labute approximate surface area is 123 Å². The molecule has 20 heavy (non-hydrogen) atoms. The number of hydrogen-bond acceptors (Lipinski definition) is 2. The zero-order valence-electron chi connectivity index (χ0n) is 10.5. The van der Waals surface area contributed by atoms with Crippen molar-refractivity contribution in [3.05, 3.63) is 34.1 Å². The van der Waals surface area contributed by atoms with Crippen LogP contribution >= 0.6 is 15.9 Å². The smallest absolute Gasteiger partial charge is 0.315 e. The van der Waals surface area contributed by atoms with Crippen LogP contribution in [0.4, 0.5) is 9.18 Å². The molecule has 0 bridgehead atoms. The van der Waals surface area contributed by atoms with Crippen LogP contribution in [0.1, 0.15) is 24.3 Å². The normalized spacial score (nSPS) is 20.3. The van der Waals surface area contributed by atoms with Crippen LogP contribution in [-0.4, -0.2) is 29.7 Å². The van der Waals surface area contributed by atoms with E-state index < -0.39 is 12.0 Å². The van der Waals surface area contributed by atoms with Crippen LogP contribution in [0.2, 0.25) is 0 Å². The number of rotatable bonds is 5. The molecule has 1 aromatic carbocycles. The fraction of sp³-hybridized carbons (Fsp3) is 0.385. The zero-order valence-corrected chi connectivity index (χ0v) is 12.1. The number of halogens is 2. The molecule has 0 spiro atoms. The van der Waals surface area contributed by atoms with Gasteiger partial charge < -0.3 is 15.7 Å². The number of nitrogens with one attached hydrogen (secondary N) is 2. The number of carbonyl (C=O) groups is 2. The van der Waals surface area contributed by atoms with E-state index in [9.17, 15) is 14.0 Å². The molecule has 3 N–H and O–H groups in total. The molecule has 0 aromatic heterocycles. The molecule has 2 amide bonds. The number of benzene rings is 1. The van der Waals surface area contributed by atoms with Crippen molar-refractivity contribution in [3.8, 4) is 0 Å². The van der Waals surface area contributed by atoms with E-state index in [-0.39, 0.29) is 30.7 Å². The third-order valence-corrected chi connectivity index (χ3v) is 3.75. The molecular formula is C13H14BrFN2O3. The summed E-state index contributed by atoms with van der Waals surface area (Å²) in [5.74, 6) is -1.16. The number of hydrogen-bond donors (Lipinski definition) is 3. The van der Waals surface area contributed by atoms with E-state index in [1.807, 2.05) is 6.07 Å². The number of carbonyl (C=O) groups excluding carboxylic acids is 1. The first-order valence-electron chi connectivity index (χ1n) is 6.18. The maximum Gasteiger partial charge on any atom is 0.315 e. The van der Waals surface area contributed by atoms with Gasteiger partial charge in [0.1, 0.15) is 5.82 Å². The number of carboxylic acid groups (broad SMARTS) is 1. The lowest BCUT2D eigenvalue weighted by molar-refractivity contribution is -0.136. The molecule has 5 nitrogen and oxygen atoms in total. The maximum atomic E-state index is 13.4. The monoisotopic (exact) mass is 344 g/mol. The minimum Gasteiger partial charge on any atom is -0.481 e. The van der Waals surface area contributed by atoms with Crippen LogP contribution in [0.5, 0.6) is 0 Å². The Balaban J connectivity index is 1.78. The minimum absolute atomic E-state index is 0.0274. The molecule has 1 aromatic rings. The summed E-state index contributed by atoms with van der Waals surface area (Å²) in [5.41, 5.74) is 0.849. The molecule has 7 heteroatoms. The Morgan fingerprint density at radius 1 is 1.45 bits per heavy atom. The first-order chi connectivity index (χ1) is 9.47. The highest BCUT2D eigenvalue weighted by molar-refractivity contribution is 9.10. The fourth-order valence-electron chi connectivity index (χ4n) is 1.97. The highest BCUT2D eigenvalue weighted by Crippen LogP contribution is 2.41. The Kier molecular flexibility index (Phi) is 4.59. The van der Waals surface area contributed by atoms with Crippen LogP contribution in [0.25, 0.3) is 0 Å². The quantitative estimate of drug-likeness (QED) is 0.766. The molecule has 0 saturated heterocycles. The van der Waals surface area contributed by atoms with E-state index in [0.29, 0.717) is 4.47 Å². The van der Waals surface area contributed by atoms with Gasteiger partial charge in [-0.05, 0) is 40.0 Å². The second-order valence-electron chi connectivity index (χ2n) is 4.67. The van der Waals surface area contributed by atoms with Crippen molar-refractivity contribution in [2.45, 2.75) is 24.8 Å². The maximum absolute atomic E-state index is 13.4. The summed E-state index contributed by atoms with van der Waals surface area (Å²) >= 11 is 3.09. The fourth-order valence-corrected chi connectivity index (χ4v) is 2.21. The second kappa shape index (κ2) is 6.21. The van der Waals surface area contributed by atoms with E-state index in [0.717, 1.165) is 12.0 Å². The van der Waals surface area contributed by atoms with Crippen LogP contribution in [0.3, 0.4) is 0 Å². The highest BCUT2D eigenvalue weighted by Gasteiger charge is 2.39. The molecular weight excluding hydrogens is 331 g/mol. The predicted octanol–water partition coefficient (Wildman–Crippen LogP) is 2.22. The highest BCUT2D eigenvalue weighted by atomic mass is 79.9. The average molecular weight is 345 g/mol. The predicted molar refractivity (Wildman–Crippen MR) is 74.0 cm³/mol. The van der Waals surface area contributed by atoms with Crippen LogP contribution in [-0.2, 0) is 4.79 Å². The number of urea groups is 1. The summed E-state index contributed by atoms with van der Waals surface area (Å²) in [6, 6.07) is 4.50. The average Bonchev–Trinajstić information content (AvgIpc) is 3.11. The van der Waals surface area contributed by atoms with Gasteiger partial charge in [0.05, 0.1) is 10.9 Å². The molecule has 2 rings (SSSR count). The zero-order chi connectivity index (χ0) is 14.7. The summed E-state index contributed by atoms with van der Waals surface area (Å²) < 4.78 is 13.8. The van der Waals surface area contributed by atoms with Gasteiger partial charge in [-0.1, -0.05) is 6.07 Å². The lowest BCUT2D eigenvalue weighted by Crippen LogP contribution is -2.38. The summed E-state index contributed by atoms with van der Waals surface area (Å²) in [6.45, 7) is 0.0888. The molecule has 0 radical (unpaired) electrons. The number of amides is 2. The lowest BCUT2D eigenvalue weighted by atomic mass is 10.1. The van der Waals surface area contributed by atoms with Crippen LogP contribution in [0, 0.1) is 5.82 Å². The van der Waals surface area contributed by atoms with E-state index >= 15 is 0 Å². The van der Waals surface area contributed by atoms with Gasteiger partial charge in [-0.15, -0.1) is 0 Å². The second-order valence-corrected chi connectivity index (χ2v) is 5.52. The summed E-state index contributed by atoms with van der Waals surface area (Å²) in [4.78, 5) is 21.8. The van der Waals surface area contributed by atoms with Gasteiger partial charge in [-0.25, -0.2) is 9.18 Å². The molecule has 0 heterocycles. The van der Waals surface area contributed by atoms with Gasteiger partial charge in [0.2, 0.25) is 0 Å². The molecule has 1 saturated carbocycles. The molecule has 1 aliphatic rings. The van der Waals surface area contributed by atoms with E-state index in [2.05, 4.69) is 26.6 Å². The van der Waals surface area contributed by atoms with Crippen molar-refractivity contribution in [2.24, 2.45) is 0 Å². The SMILES string of the molecule is O=C(O)CCNC(=O)N[C@@H]1C[C@H]1c1ccc(Br)c(F)c1. The van der Waals surface area contributed by atoms with Gasteiger partial charge in [0, 0.05) is 18.5 Å². The Bertz CT molecular complexity index is 538.